The molecule has 7 nitrogen and oxygen atoms in total. The summed E-state index contributed by atoms with van der Waals surface area (Å²) in [6.07, 6.45) is -0.317. The maximum atomic E-state index is 12.0. The molecule has 7 heteroatoms. The fraction of sp³-hybridized carbons (Fsp3) is 0.400. The van der Waals surface area contributed by atoms with Gasteiger partial charge in [-0.25, -0.2) is 4.79 Å². The van der Waals surface area contributed by atoms with E-state index in [1.54, 1.807) is 12.1 Å². The number of hydrogen-bond donors (Lipinski definition) is 2. The standard InChI is InChI=1S/C15H20N2O5/c1-10(16)14(19)17-12(8-13(18)21-2)15(20)22-9-11-6-4-3-5-7-11/h3-7,10,12H,8-9,16H2,1-2H3,(H,17,19)/t10-,12-/m0/s1. The first kappa shape index (κ1) is 17.6. The smallest absolute Gasteiger partial charge is 0.329 e. The molecular weight excluding hydrogens is 288 g/mol. The Bertz CT molecular complexity index is 516. The van der Waals surface area contributed by atoms with Crippen molar-refractivity contribution in [2.24, 2.45) is 5.73 Å². The lowest BCUT2D eigenvalue weighted by molar-refractivity contribution is -0.153. The molecule has 0 radical (unpaired) electrons. The molecule has 120 valence electrons. The van der Waals surface area contributed by atoms with Crippen LogP contribution in [0.25, 0.3) is 0 Å². The molecule has 0 bridgehead atoms. The number of esters is 2. The molecule has 0 fully saturated rings. The van der Waals surface area contributed by atoms with Gasteiger partial charge < -0.3 is 20.5 Å². The lowest BCUT2D eigenvalue weighted by atomic mass is 10.2. The monoisotopic (exact) mass is 308 g/mol. The van der Waals surface area contributed by atoms with Crippen LogP contribution in [0, 0.1) is 0 Å². The minimum Gasteiger partial charge on any atom is -0.469 e. The summed E-state index contributed by atoms with van der Waals surface area (Å²) in [6, 6.07) is 7.12. The third kappa shape index (κ3) is 5.92. The Morgan fingerprint density at radius 1 is 1.23 bits per heavy atom. The first-order valence-corrected chi connectivity index (χ1v) is 6.77. The Morgan fingerprint density at radius 2 is 1.86 bits per heavy atom. The van der Waals surface area contributed by atoms with Crippen molar-refractivity contribution in [3.8, 4) is 0 Å². The van der Waals surface area contributed by atoms with Crippen molar-refractivity contribution in [3.63, 3.8) is 0 Å². The molecule has 0 aliphatic rings. The van der Waals surface area contributed by atoms with Crippen LogP contribution in [0.5, 0.6) is 0 Å². The molecular formula is C15H20N2O5. The molecule has 1 aromatic carbocycles. The number of carbonyl (C=O) groups is 3. The highest BCUT2D eigenvalue weighted by Gasteiger charge is 2.26. The summed E-state index contributed by atoms with van der Waals surface area (Å²) in [4.78, 5) is 35.0. The zero-order valence-corrected chi connectivity index (χ0v) is 12.6. The zero-order chi connectivity index (χ0) is 16.5. The highest BCUT2D eigenvalue weighted by atomic mass is 16.5. The van der Waals surface area contributed by atoms with Crippen LogP contribution in [0.1, 0.15) is 18.9 Å². The quantitative estimate of drug-likeness (QED) is 0.693. The Labute approximate surface area is 128 Å². The summed E-state index contributed by atoms with van der Waals surface area (Å²) in [5.41, 5.74) is 6.23. The molecule has 0 saturated carbocycles. The van der Waals surface area contributed by atoms with E-state index in [2.05, 4.69) is 10.1 Å². The van der Waals surface area contributed by atoms with E-state index < -0.39 is 29.9 Å². The van der Waals surface area contributed by atoms with Gasteiger partial charge in [0.25, 0.3) is 0 Å². The number of nitrogens with two attached hydrogens (primary N) is 1. The fourth-order valence-corrected chi connectivity index (χ4v) is 1.58. The molecule has 1 rings (SSSR count). The number of methoxy groups -OCH3 is 1. The van der Waals surface area contributed by atoms with Gasteiger partial charge in [0.05, 0.1) is 19.6 Å². The molecule has 0 aromatic heterocycles. The van der Waals surface area contributed by atoms with Gasteiger partial charge in [-0.2, -0.15) is 0 Å². The second-order valence-corrected chi connectivity index (χ2v) is 4.72. The maximum absolute atomic E-state index is 12.0. The van der Waals surface area contributed by atoms with E-state index in [-0.39, 0.29) is 13.0 Å². The fourth-order valence-electron chi connectivity index (χ4n) is 1.58. The largest absolute Gasteiger partial charge is 0.469 e. The van der Waals surface area contributed by atoms with E-state index in [4.69, 9.17) is 10.5 Å². The van der Waals surface area contributed by atoms with Gasteiger partial charge in [0.1, 0.15) is 12.6 Å². The second-order valence-electron chi connectivity index (χ2n) is 4.72. The van der Waals surface area contributed by atoms with E-state index in [9.17, 15) is 14.4 Å². The number of ether oxygens (including phenoxy) is 2. The van der Waals surface area contributed by atoms with Crippen LogP contribution < -0.4 is 11.1 Å². The minimum absolute atomic E-state index is 0.0470. The molecule has 1 amide bonds. The average Bonchev–Trinajstić information content (AvgIpc) is 2.52. The van der Waals surface area contributed by atoms with Crippen molar-refractivity contribution in [1.82, 2.24) is 5.32 Å². The highest BCUT2D eigenvalue weighted by molar-refractivity contribution is 5.89. The predicted molar refractivity (Wildman–Crippen MR) is 78.5 cm³/mol. The van der Waals surface area contributed by atoms with E-state index in [1.807, 2.05) is 18.2 Å². The molecule has 22 heavy (non-hydrogen) atoms. The normalized spacial score (nSPS) is 12.9. The van der Waals surface area contributed by atoms with E-state index in [0.717, 1.165) is 5.56 Å². The number of benzene rings is 1. The number of amides is 1. The van der Waals surface area contributed by atoms with Crippen molar-refractivity contribution in [2.45, 2.75) is 32.0 Å². The Balaban J connectivity index is 2.65. The van der Waals surface area contributed by atoms with Crippen LogP contribution in [-0.2, 0) is 30.5 Å². The molecule has 2 atom stereocenters. The van der Waals surface area contributed by atoms with Crippen molar-refractivity contribution in [1.29, 1.82) is 0 Å². The third-order valence-electron chi connectivity index (χ3n) is 2.84. The second kappa shape index (κ2) is 8.78. The molecule has 0 aliphatic heterocycles. The lowest BCUT2D eigenvalue weighted by Crippen LogP contribution is -2.48. The van der Waals surface area contributed by atoms with Crippen molar-refractivity contribution >= 4 is 17.8 Å². The van der Waals surface area contributed by atoms with Gasteiger partial charge >= 0.3 is 11.9 Å². The van der Waals surface area contributed by atoms with Crippen LogP contribution in [0.4, 0.5) is 0 Å². The number of rotatable bonds is 7. The summed E-state index contributed by atoms with van der Waals surface area (Å²) in [5, 5.41) is 2.38. The number of hydrogen-bond acceptors (Lipinski definition) is 6. The summed E-state index contributed by atoms with van der Waals surface area (Å²) < 4.78 is 9.62. The van der Waals surface area contributed by atoms with Gasteiger partial charge in [0, 0.05) is 0 Å². The Kier molecular flexibility index (Phi) is 7.04. The molecule has 0 saturated heterocycles. The summed E-state index contributed by atoms with van der Waals surface area (Å²) in [6.45, 7) is 1.52. The lowest BCUT2D eigenvalue weighted by Gasteiger charge is -2.18. The average molecular weight is 308 g/mol. The Hall–Kier alpha value is -2.41. The summed E-state index contributed by atoms with van der Waals surface area (Å²) >= 11 is 0. The van der Waals surface area contributed by atoms with E-state index in [1.165, 1.54) is 14.0 Å². The SMILES string of the molecule is COC(=O)C[C@H](NC(=O)[C@H](C)N)C(=O)OCc1ccccc1. The minimum atomic E-state index is -1.13. The third-order valence-corrected chi connectivity index (χ3v) is 2.84. The van der Waals surface area contributed by atoms with Gasteiger partial charge in [0.15, 0.2) is 0 Å². The number of nitrogens with one attached hydrogen (secondary N) is 1. The Morgan fingerprint density at radius 3 is 2.41 bits per heavy atom. The topological polar surface area (TPSA) is 108 Å². The van der Waals surface area contributed by atoms with Gasteiger partial charge in [0.2, 0.25) is 5.91 Å². The van der Waals surface area contributed by atoms with E-state index in [0.29, 0.717) is 0 Å². The van der Waals surface area contributed by atoms with Crippen LogP contribution in [0.3, 0.4) is 0 Å². The molecule has 3 N–H and O–H groups in total. The predicted octanol–water partition coefficient (Wildman–Crippen LogP) is 0.125. The molecule has 0 unspecified atom stereocenters. The van der Waals surface area contributed by atoms with Crippen LogP contribution in [0.2, 0.25) is 0 Å². The van der Waals surface area contributed by atoms with Crippen molar-refractivity contribution in [3.05, 3.63) is 35.9 Å². The molecule has 0 aliphatic carbocycles. The summed E-state index contributed by atoms with van der Waals surface area (Å²) in [5.74, 6) is -1.90. The number of carbonyl (C=O) groups excluding carboxylic acids is 3. The zero-order valence-electron chi connectivity index (χ0n) is 12.6. The molecule has 0 spiro atoms. The van der Waals surface area contributed by atoms with Gasteiger partial charge in [-0.3, -0.25) is 9.59 Å². The highest BCUT2D eigenvalue weighted by Crippen LogP contribution is 2.04. The van der Waals surface area contributed by atoms with Crippen LogP contribution in [0.15, 0.2) is 30.3 Å². The molecule has 1 aromatic rings. The van der Waals surface area contributed by atoms with Crippen LogP contribution >= 0.6 is 0 Å². The van der Waals surface area contributed by atoms with Gasteiger partial charge in [-0.05, 0) is 12.5 Å². The van der Waals surface area contributed by atoms with Gasteiger partial charge in [-0.15, -0.1) is 0 Å². The maximum Gasteiger partial charge on any atom is 0.329 e. The van der Waals surface area contributed by atoms with Gasteiger partial charge in [-0.1, -0.05) is 30.3 Å². The van der Waals surface area contributed by atoms with Crippen molar-refractivity contribution in [2.75, 3.05) is 7.11 Å². The summed E-state index contributed by atoms with van der Waals surface area (Å²) in [7, 11) is 1.20. The molecule has 0 heterocycles. The van der Waals surface area contributed by atoms with E-state index >= 15 is 0 Å². The van der Waals surface area contributed by atoms with Crippen LogP contribution in [-0.4, -0.2) is 37.0 Å². The first-order valence-electron chi connectivity index (χ1n) is 6.77. The first-order chi connectivity index (χ1) is 10.4. The van der Waals surface area contributed by atoms with Crippen molar-refractivity contribution < 1.29 is 23.9 Å².